The van der Waals surface area contributed by atoms with Crippen molar-refractivity contribution in [2.45, 2.75) is 45.6 Å². The summed E-state index contributed by atoms with van der Waals surface area (Å²) in [7, 11) is 0. The second-order valence-corrected chi connectivity index (χ2v) is 4.30. The molecule has 86 valence electrons. The van der Waals surface area contributed by atoms with E-state index in [-0.39, 0.29) is 30.2 Å². The molecule has 15 heavy (non-hydrogen) atoms. The lowest BCUT2D eigenvalue weighted by Crippen LogP contribution is -2.46. The van der Waals surface area contributed by atoms with Crippen LogP contribution in [0.1, 0.15) is 39.5 Å². The first-order valence-corrected chi connectivity index (χ1v) is 5.65. The van der Waals surface area contributed by atoms with Gasteiger partial charge in [0.25, 0.3) is 0 Å². The van der Waals surface area contributed by atoms with Gasteiger partial charge in [-0.3, -0.25) is 9.59 Å². The van der Waals surface area contributed by atoms with Gasteiger partial charge < -0.3 is 10.6 Å². The largest absolute Gasteiger partial charge is 0.370 e. The van der Waals surface area contributed by atoms with E-state index in [1.165, 1.54) is 0 Å². The van der Waals surface area contributed by atoms with Gasteiger partial charge in [0.05, 0.1) is 0 Å². The van der Waals surface area contributed by atoms with Crippen molar-refractivity contribution in [3.8, 4) is 0 Å². The van der Waals surface area contributed by atoms with Crippen molar-refractivity contribution in [1.29, 1.82) is 0 Å². The lowest BCUT2D eigenvalue weighted by molar-refractivity contribution is -0.142. The van der Waals surface area contributed by atoms with Crippen LogP contribution < -0.4 is 5.73 Å². The molecule has 1 rings (SSSR count). The predicted molar refractivity (Wildman–Crippen MR) is 58.0 cm³/mol. The zero-order valence-electron chi connectivity index (χ0n) is 9.53. The summed E-state index contributed by atoms with van der Waals surface area (Å²) in [5.74, 6) is -0.445. The Kier molecular flexibility index (Phi) is 4.12. The molecule has 2 amide bonds. The molecule has 1 saturated heterocycles. The Morgan fingerprint density at radius 3 is 2.87 bits per heavy atom. The van der Waals surface area contributed by atoms with E-state index in [0.717, 1.165) is 25.8 Å². The number of amides is 2. The summed E-state index contributed by atoms with van der Waals surface area (Å²) in [6.07, 6.45) is 2.93. The Morgan fingerprint density at radius 2 is 2.33 bits per heavy atom. The van der Waals surface area contributed by atoms with Gasteiger partial charge in [-0.15, -0.1) is 0 Å². The van der Waals surface area contributed by atoms with Crippen LogP contribution in [0.4, 0.5) is 0 Å². The third-order valence-corrected chi connectivity index (χ3v) is 3.15. The van der Waals surface area contributed by atoms with Crippen LogP contribution in [0.25, 0.3) is 0 Å². The van der Waals surface area contributed by atoms with E-state index in [1.807, 2.05) is 11.8 Å². The van der Waals surface area contributed by atoms with Crippen molar-refractivity contribution >= 4 is 11.8 Å². The molecule has 0 aromatic carbocycles. The molecule has 0 saturated carbocycles. The molecule has 0 bridgehead atoms. The summed E-state index contributed by atoms with van der Waals surface area (Å²) >= 11 is 0. The molecule has 0 aliphatic carbocycles. The van der Waals surface area contributed by atoms with Gasteiger partial charge in [-0.05, 0) is 26.2 Å². The minimum Gasteiger partial charge on any atom is -0.370 e. The monoisotopic (exact) mass is 212 g/mol. The van der Waals surface area contributed by atoms with Crippen LogP contribution in [0.3, 0.4) is 0 Å². The maximum absolute atomic E-state index is 12.0. The predicted octanol–water partition coefficient (Wildman–Crippen LogP) is 0.899. The lowest BCUT2D eigenvalue weighted by atomic mass is 9.92. The number of hydrogen-bond acceptors (Lipinski definition) is 2. The summed E-state index contributed by atoms with van der Waals surface area (Å²) in [4.78, 5) is 24.7. The minimum absolute atomic E-state index is 0.106. The number of primary amides is 1. The van der Waals surface area contributed by atoms with Gasteiger partial charge in [0, 0.05) is 24.9 Å². The molecular weight excluding hydrogens is 192 g/mol. The summed E-state index contributed by atoms with van der Waals surface area (Å²) in [6, 6.07) is 0.271. The molecule has 1 heterocycles. The molecule has 1 aliphatic rings. The van der Waals surface area contributed by atoms with Gasteiger partial charge in [0.1, 0.15) is 0 Å². The van der Waals surface area contributed by atoms with Gasteiger partial charge >= 0.3 is 0 Å². The van der Waals surface area contributed by atoms with Crippen LogP contribution in [0.2, 0.25) is 0 Å². The number of carbonyl (C=O) groups excluding carboxylic acids is 2. The van der Waals surface area contributed by atoms with Crippen molar-refractivity contribution in [2.75, 3.05) is 6.54 Å². The molecule has 1 aliphatic heterocycles. The summed E-state index contributed by atoms with van der Waals surface area (Å²) in [5, 5.41) is 0. The fraction of sp³-hybridized carbons (Fsp3) is 0.818. The van der Waals surface area contributed by atoms with Crippen LogP contribution in [-0.2, 0) is 9.59 Å². The van der Waals surface area contributed by atoms with Crippen LogP contribution >= 0.6 is 0 Å². The molecular formula is C11H20N2O2. The Labute approximate surface area is 90.8 Å². The van der Waals surface area contributed by atoms with Crippen molar-refractivity contribution in [1.82, 2.24) is 4.90 Å². The topological polar surface area (TPSA) is 63.4 Å². The van der Waals surface area contributed by atoms with E-state index >= 15 is 0 Å². The number of nitrogens with zero attached hydrogens (tertiary/aromatic N) is 1. The van der Waals surface area contributed by atoms with E-state index in [4.69, 9.17) is 5.73 Å². The highest BCUT2D eigenvalue weighted by molar-refractivity contribution is 5.85. The average molecular weight is 212 g/mol. The number of rotatable bonds is 4. The van der Waals surface area contributed by atoms with Crippen molar-refractivity contribution in [2.24, 2.45) is 11.7 Å². The first kappa shape index (κ1) is 12.0. The Bertz CT molecular complexity index is 253. The zero-order valence-corrected chi connectivity index (χ0v) is 9.53. The number of carbonyl (C=O) groups is 2. The molecule has 2 atom stereocenters. The van der Waals surface area contributed by atoms with Crippen LogP contribution in [-0.4, -0.2) is 29.3 Å². The van der Waals surface area contributed by atoms with Crippen LogP contribution in [0.15, 0.2) is 0 Å². The molecule has 2 unspecified atom stereocenters. The number of hydrogen-bond donors (Lipinski definition) is 1. The highest BCUT2D eigenvalue weighted by Gasteiger charge is 2.31. The minimum atomic E-state index is -0.376. The standard InChI is InChI=1S/C11H20N2O2/c1-3-8(2)13-6-4-5-9(11(13)15)7-10(12)14/h8-9H,3-7H2,1-2H3,(H2,12,14). The summed E-state index contributed by atoms with van der Waals surface area (Å²) in [6.45, 7) is 4.93. The number of nitrogens with two attached hydrogens (primary N) is 1. The summed E-state index contributed by atoms with van der Waals surface area (Å²) < 4.78 is 0. The van der Waals surface area contributed by atoms with Crippen LogP contribution in [0, 0.1) is 5.92 Å². The molecule has 1 fully saturated rings. The third kappa shape index (κ3) is 2.94. The Morgan fingerprint density at radius 1 is 1.67 bits per heavy atom. The van der Waals surface area contributed by atoms with Gasteiger partial charge in [-0.25, -0.2) is 0 Å². The zero-order chi connectivity index (χ0) is 11.4. The van der Waals surface area contributed by atoms with Crippen molar-refractivity contribution in [3.63, 3.8) is 0 Å². The number of likely N-dealkylation sites (tertiary alicyclic amines) is 1. The van der Waals surface area contributed by atoms with E-state index in [2.05, 4.69) is 6.92 Å². The van der Waals surface area contributed by atoms with Gasteiger partial charge in [-0.2, -0.15) is 0 Å². The maximum atomic E-state index is 12.0. The fourth-order valence-electron chi connectivity index (χ4n) is 2.07. The second-order valence-electron chi connectivity index (χ2n) is 4.30. The molecule has 0 radical (unpaired) electrons. The first-order valence-electron chi connectivity index (χ1n) is 5.65. The average Bonchev–Trinajstić information content (AvgIpc) is 2.19. The second kappa shape index (κ2) is 5.14. The SMILES string of the molecule is CCC(C)N1CCCC(CC(N)=O)C1=O. The quantitative estimate of drug-likeness (QED) is 0.752. The Balaban J connectivity index is 2.62. The molecule has 4 heteroatoms. The molecule has 0 aromatic rings. The lowest BCUT2D eigenvalue weighted by Gasteiger charge is -2.36. The smallest absolute Gasteiger partial charge is 0.226 e. The third-order valence-electron chi connectivity index (χ3n) is 3.15. The van der Waals surface area contributed by atoms with E-state index in [0.29, 0.717) is 0 Å². The van der Waals surface area contributed by atoms with Gasteiger partial charge in [0.2, 0.25) is 11.8 Å². The molecule has 0 aromatic heterocycles. The maximum Gasteiger partial charge on any atom is 0.226 e. The van der Waals surface area contributed by atoms with Crippen molar-refractivity contribution < 1.29 is 9.59 Å². The van der Waals surface area contributed by atoms with Gasteiger partial charge in [-0.1, -0.05) is 6.92 Å². The fourth-order valence-corrected chi connectivity index (χ4v) is 2.07. The highest BCUT2D eigenvalue weighted by atomic mass is 16.2. The summed E-state index contributed by atoms with van der Waals surface area (Å²) in [5.41, 5.74) is 5.13. The van der Waals surface area contributed by atoms with Gasteiger partial charge in [0.15, 0.2) is 0 Å². The van der Waals surface area contributed by atoms with Crippen LogP contribution in [0.5, 0.6) is 0 Å². The van der Waals surface area contributed by atoms with E-state index < -0.39 is 0 Å². The normalized spacial score (nSPS) is 24.0. The molecule has 2 N–H and O–H groups in total. The number of piperidine rings is 1. The first-order chi connectivity index (χ1) is 7.06. The molecule has 0 spiro atoms. The van der Waals surface area contributed by atoms with E-state index in [1.54, 1.807) is 0 Å². The van der Waals surface area contributed by atoms with E-state index in [9.17, 15) is 9.59 Å². The molecule has 4 nitrogen and oxygen atoms in total. The Hall–Kier alpha value is -1.06. The van der Waals surface area contributed by atoms with Crippen molar-refractivity contribution in [3.05, 3.63) is 0 Å². The highest BCUT2D eigenvalue weighted by Crippen LogP contribution is 2.23.